The lowest BCUT2D eigenvalue weighted by atomic mass is 9.99. The lowest BCUT2D eigenvalue weighted by molar-refractivity contribution is -1.92. The molecular weight excluding hydrogens is 408 g/mol. The first-order chi connectivity index (χ1) is 12.7. The Bertz CT molecular complexity index is 868. The van der Waals surface area contributed by atoms with Crippen LogP contribution in [0.25, 0.3) is 11.1 Å². The van der Waals surface area contributed by atoms with Crippen LogP contribution in [0.3, 0.4) is 0 Å². The number of halogens is 1. The van der Waals surface area contributed by atoms with Gasteiger partial charge >= 0.3 is 0 Å². The molecule has 0 fully saturated rings. The molecule has 27 heavy (non-hydrogen) atoms. The van der Waals surface area contributed by atoms with Crippen molar-refractivity contribution in [3.8, 4) is 16.9 Å². The van der Waals surface area contributed by atoms with Crippen LogP contribution in [0.1, 0.15) is 12.0 Å². The molecule has 1 aliphatic carbocycles. The molecule has 0 amide bonds. The average Bonchev–Trinajstić information content (AvgIpc) is 2.59. The summed E-state index contributed by atoms with van der Waals surface area (Å²) in [4.78, 5) is 1.77. The summed E-state index contributed by atoms with van der Waals surface area (Å²) in [6, 6.07) is 14.1. The van der Waals surface area contributed by atoms with Gasteiger partial charge in [0.2, 0.25) is 0 Å². The van der Waals surface area contributed by atoms with Crippen LogP contribution >= 0.6 is 24.8 Å². The van der Waals surface area contributed by atoms with Crippen molar-refractivity contribution in [3.63, 3.8) is 0 Å². The van der Waals surface area contributed by atoms with Crippen LogP contribution in [0.15, 0.2) is 71.3 Å². The summed E-state index contributed by atoms with van der Waals surface area (Å²) in [6.45, 7) is 2.06. The van der Waals surface area contributed by atoms with Crippen LogP contribution in [0.5, 0.6) is 5.75 Å². The molecule has 0 heterocycles. The van der Waals surface area contributed by atoms with Crippen LogP contribution in [0.2, 0.25) is 0 Å². The normalized spacial score (nSPS) is 13.6. The summed E-state index contributed by atoms with van der Waals surface area (Å²) in [5, 5.41) is 0. The van der Waals surface area contributed by atoms with E-state index in [1.54, 1.807) is 0 Å². The van der Waals surface area contributed by atoms with Gasteiger partial charge in [0.25, 0.3) is 0 Å². The van der Waals surface area contributed by atoms with Gasteiger partial charge in [0.05, 0.1) is 19.8 Å². The fraction of sp³-hybridized carbons (Fsp3) is 0.105. The third kappa shape index (κ3) is 6.75. The maximum Gasteiger partial charge on any atom is 0.141 e. The molecule has 0 unspecified atom stereocenters. The monoisotopic (exact) mass is 424 g/mol. The predicted octanol–water partition coefficient (Wildman–Crippen LogP) is 1.42. The highest BCUT2D eigenvalue weighted by Crippen LogP contribution is 2.36. The summed E-state index contributed by atoms with van der Waals surface area (Å²) >= 11 is 9.96. The number of hydrogen-bond acceptors (Lipinski definition) is 7. The Balaban J connectivity index is 0.000000465. The molecule has 0 aromatic heterocycles. The van der Waals surface area contributed by atoms with Crippen molar-refractivity contribution in [3.05, 3.63) is 72.0 Å². The van der Waals surface area contributed by atoms with Crippen molar-refractivity contribution in [2.24, 2.45) is 0 Å². The summed E-state index contributed by atoms with van der Waals surface area (Å²) in [5.41, 5.74) is 3.30. The standard InChI is InChI=1S/C19H16OS2.ClHO4/c1-13-15(20-16-9-5-6-10-17(16)21)11-12-18(22)19(13)14-7-3-2-4-8-14;2-1(3,4)5/h2-9,11-12,22H,10H2,1H3;(H,2,3,4,5). The molecule has 0 saturated heterocycles. The Morgan fingerprint density at radius 1 is 1.11 bits per heavy atom. The molecule has 3 rings (SSSR count). The zero-order chi connectivity index (χ0) is 20.0. The summed E-state index contributed by atoms with van der Waals surface area (Å²) in [5.74, 6) is 1.58. The van der Waals surface area contributed by atoms with Crippen LogP contribution in [0.4, 0.5) is 0 Å². The van der Waals surface area contributed by atoms with Crippen molar-refractivity contribution >= 4 is 29.7 Å². The molecule has 0 spiro atoms. The first kappa shape index (κ1) is 21.6. The molecule has 0 bridgehead atoms. The zero-order valence-corrected chi connectivity index (χ0v) is 16.8. The third-order valence-electron chi connectivity index (χ3n) is 3.64. The van der Waals surface area contributed by atoms with Gasteiger partial charge in [0, 0.05) is 22.4 Å². The van der Waals surface area contributed by atoms with Crippen LogP contribution < -0.4 is 18.7 Å². The molecular formula is C19H17ClO5S2. The van der Waals surface area contributed by atoms with Gasteiger partial charge in [-0.1, -0.05) is 54.7 Å². The van der Waals surface area contributed by atoms with Gasteiger partial charge in [-0.05, 0) is 30.7 Å². The predicted molar refractivity (Wildman–Crippen MR) is 101 cm³/mol. The lowest BCUT2D eigenvalue weighted by Crippen LogP contribution is -2.58. The minimum absolute atomic E-state index is 0.756. The molecule has 2 aromatic carbocycles. The maximum atomic E-state index is 8.60. The first-order valence-corrected chi connectivity index (χ1v) is 9.88. The number of benzene rings is 2. The van der Waals surface area contributed by atoms with E-state index in [2.05, 4.69) is 31.7 Å². The van der Waals surface area contributed by atoms with Crippen molar-refractivity contribution in [1.82, 2.24) is 0 Å². The molecule has 0 radical (unpaired) electrons. The van der Waals surface area contributed by atoms with E-state index in [4.69, 9.17) is 35.6 Å². The van der Waals surface area contributed by atoms with Gasteiger partial charge in [-0.3, -0.25) is 0 Å². The molecule has 1 N–H and O–H groups in total. The molecule has 5 nitrogen and oxygen atoms in total. The zero-order valence-electron chi connectivity index (χ0n) is 14.3. The van der Waals surface area contributed by atoms with Crippen molar-refractivity contribution < 1.29 is 33.6 Å². The van der Waals surface area contributed by atoms with Gasteiger partial charge in [0.1, 0.15) is 11.5 Å². The quantitative estimate of drug-likeness (QED) is 0.571. The second-order valence-electron chi connectivity index (χ2n) is 5.53. The van der Waals surface area contributed by atoms with E-state index in [1.165, 1.54) is 0 Å². The highest BCUT2D eigenvalue weighted by molar-refractivity contribution is 7.81. The minimum atomic E-state index is -4.69. The molecule has 0 atom stereocenters. The Labute approximate surface area is 170 Å². The Morgan fingerprint density at radius 2 is 1.74 bits per heavy atom. The topological polar surface area (TPSA) is 98.6 Å². The van der Waals surface area contributed by atoms with E-state index in [9.17, 15) is 0 Å². The number of allylic oxidation sites excluding steroid dienone is 4. The summed E-state index contributed by atoms with van der Waals surface area (Å²) < 4.78 is 38.8. The third-order valence-corrected chi connectivity index (χ3v) is 4.38. The van der Waals surface area contributed by atoms with Crippen LogP contribution in [-0.4, -0.2) is 9.52 Å². The van der Waals surface area contributed by atoms with E-state index in [-0.39, 0.29) is 0 Å². The number of thiol groups is 1. The number of rotatable bonds is 3. The van der Waals surface area contributed by atoms with Gasteiger partial charge in [-0.2, -0.15) is 14.0 Å². The van der Waals surface area contributed by atoms with Crippen LogP contribution in [-0.2, 0) is 0 Å². The van der Waals surface area contributed by atoms with E-state index in [0.717, 1.165) is 44.4 Å². The first-order valence-electron chi connectivity index (χ1n) is 7.76. The van der Waals surface area contributed by atoms with Crippen LogP contribution in [0, 0.1) is 17.2 Å². The average molecular weight is 425 g/mol. The number of ether oxygens (including phenoxy) is 1. The van der Waals surface area contributed by atoms with E-state index >= 15 is 0 Å². The highest BCUT2D eigenvalue weighted by Gasteiger charge is 2.14. The molecule has 0 aliphatic heterocycles. The van der Waals surface area contributed by atoms with E-state index in [0.29, 0.717) is 0 Å². The maximum absolute atomic E-state index is 8.60. The summed E-state index contributed by atoms with van der Waals surface area (Å²) in [6.07, 6.45) is 6.69. The van der Waals surface area contributed by atoms with Crippen molar-refractivity contribution in [2.45, 2.75) is 18.2 Å². The number of thiocarbonyl (C=S) groups is 1. The second kappa shape index (κ2) is 9.48. The minimum Gasteiger partial charge on any atom is -0.456 e. The smallest absolute Gasteiger partial charge is 0.141 e. The largest absolute Gasteiger partial charge is 0.456 e. The van der Waals surface area contributed by atoms with Gasteiger partial charge in [0.15, 0.2) is 0 Å². The van der Waals surface area contributed by atoms with Crippen molar-refractivity contribution in [1.29, 1.82) is 0 Å². The molecule has 142 valence electrons. The number of hydrogen-bond donors (Lipinski definition) is 2. The highest BCUT2D eigenvalue weighted by atomic mass is 35.7. The second-order valence-corrected chi connectivity index (χ2v) is 7.30. The fourth-order valence-electron chi connectivity index (χ4n) is 2.49. The molecule has 2 aromatic rings. The SMILES string of the molecule is Cc1c(OC2=CC=CCC2=S)ccc(S)c1-c1ccccc1.[O-][Cl+3]([O-])([O-])O. The Kier molecular flexibility index (Phi) is 7.58. The molecule has 8 heteroatoms. The van der Waals surface area contributed by atoms with Gasteiger partial charge in [-0.15, -0.1) is 12.6 Å². The van der Waals surface area contributed by atoms with Gasteiger partial charge in [-0.25, -0.2) is 0 Å². The Morgan fingerprint density at radius 3 is 2.33 bits per heavy atom. The van der Waals surface area contributed by atoms with E-state index < -0.39 is 10.2 Å². The fourth-order valence-corrected chi connectivity index (χ4v) is 3.07. The molecule has 1 aliphatic rings. The summed E-state index contributed by atoms with van der Waals surface area (Å²) in [7, 11) is -4.69. The Hall–Kier alpha value is -1.71. The van der Waals surface area contributed by atoms with Crippen molar-refractivity contribution in [2.75, 3.05) is 0 Å². The van der Waals surface area contributed by atoms with E-state index in [1.807, 2.05) is 48.6 Å². The van der Waals surface area contributed by atoms with Gasteiger partial charge < -0.3 is 4.74 Å². The molecule has 0 saturated carbocycles. The lowest BCUT2D eigenvalue weighted by Gasteiger charge is -2.17.